The first kappa shape index (κ1) is 31.1. The van der Waals surface area contributed by atoms with Gasteiger partial charge in [0.15, 0.2) is 11.6 Å². The first-order valence-corrected chi connectivity index (χ1v) is 15.8. The molecule has 1 amide bonds. The smallest absolute Gasteiger partial charge is 0.319 e. The third-order valence-corrected chi connectivity index (χ3v) is 9.38. The number of likely N-dealkylation sites (tertiary alicyclic amines) is 1. The maximum Gasteiger partial charge on any atom is 0.319 e. The zero-order valence-corrected chi connectivity index (χ0v) is 26.2. The molecule has 0 spiro atoms. The van der Waals surface area contributed by atoms with Crippen LogP contribution in [0.1, 0.15) is 19.3 Å². The molecule has 242 valence electrons. The highest BCUT2D eigenvalue weighted by molar-refractivity contribution is 6.36. The highest BCUT2D eigenvalue weighted by Gasteiger charge is 2.38. The standard InChI is InChI=1S/C33H31ClF2N8O3/c1-19(35)32(45)44-10-9-43(16-21(44)6-7-37)31-25-15-39-29(24-14-38-13-20-4-2-5-26(34)27(20)24)28(36)30(25)40-33(41-31)46-11-3-8-42-17-23-12-22(42)18-47-23/h2,4-5,13-15,21-23H,1,3,6,8-12,16-18H2/t21-,22-,23-/m0/s1. The molecule has 0 aliphatic carbocycles. The maximum absolute atomic E-state index is 16.6. The molecule has 0 N–H and O–H groups in total. The molecule has 3 aliphatic heterocycles. The molecule has 3 aromatic heterocycles. The fraction of sp³-hybridized carbons (Fsp3) is 0.394. The number of aromatic nitrogens is 4. The molecule has 3 atom stereocenters. The zero-order valence-electron chi connectivity index (χ0n) is 25.4. The van der Waals surface area contributed by atoms with Crippen LogP contribution in [-0.2, 0) is 9.53 Å². The van der Waals surface area contributed by atoms with Crippen LogP contribution >= 0.6 is 11.6 Å². The lowest BCUT2D eigenvalue weighted by molar-refractivity contribution is -0.131. The number of benzene rings is 1. The molecule has 11 nitrogen and oxygen atoms in total. The molecule has 3 aliphatic rings. The van der Waals surface area contributed by atoms with Crippen LogP contribution in [0.5, 0.6) is 6.01 Å². The van der Waals surface area contributed by atoms with Crippen molar-refractivity contribution in [3.8, 4) is 23.3 Å². The Kier molecular flexibility index (Phi) is 8.57. The SMILES string of the molecule is C=C(F)C(=O)N1CCN(c2nc(OCCCN3C[C@@H]4C[C@H]3CO4)nc3c(F)c(-c4cncc5cccc(Cl)c45)ncc23)C[C@@H]1CC#N. The summed E-state index contributed by atoms with van der Waals surface area (Å²) in [6.07, 6.45) is 6.68. The van der Waals surface area contributed by atoms with Gasteiger partial charge in [0.2, 0.25) is 0 Å². The number of pyridine rings is 2. The Bertz CT molecular complexity index is 1920. The van der Waals surface area contributed by atoms with E-state index in [1.54, 1.807) is 18.3 Å². The number of anilines is 1. The van der Waals surface area contributed by atoms with Crippen molar-refractivity contribution in [3.05, 3.63) is 60.0 Å². The summed E-state index contributed by atoms with van der Waals surface area (Å²) in [4.78, 5) is 36.0. The van der Waals surface area contributed by atoms with Crippen molar-refractivity contribution in [1.82, 2.24) is 29.7 Å². The molecule has 0 saturated carbocycles. The summed E-state index contributed by atoms with van der Waals surface area (Å²) in [5, 5.41) is 11.6. The number of hydrogen-bond donors (Lipinski definition) is 0. The molecular formula is C33H31ClF2N8O3. The number of amides is 1. The van der Waals surface area contributed by atoms with Gasteiger partial charge in [-0.05, 0) is 18.9 Å². The van der Waals surface area contributed by atoms with Gasteiger partial charge in [-0.1, -0.05) is 30.3 Å². The van der Waals surface area contributed by atoms with Gasteiger partial charge in [-0.15, -0.1) is 0 Å². The van der Waals surface area contributed by atoms with Crippen LogP contribution in [-0.4, -0.2) is 99.8 Å². The summed E-state index contributed by atoms with van der Waals surface area (Å²) < 4.78 is 42.2. The second-order valence-electron chi connectivity index (χ2n) is 11.9. The highest BCUT2D eigenvalue weighted by Crippen LogP contribution is 2.37. The summed E-state index contributed by atoms with van der Waals surface area (Å²) in [5.41, 5.74) is 0.414. The first-order chi connectivity index (χ1) is 22.8. The normalized spacial score (nSPS) is 21.0. The van der Waals surface area contributed by atoms with Crippen molar-refractivity contribution < 1.29 is 23.0 Å². The Morgan fingerprint density at radius 1 is 1.21 bits per heavy atom. The van der Waals surface area contributed by atoms with Crippen molar-refractivity contribution in [1.29, 1.82) is 5.26 Å². The Morgan fingerprint density at radius 2 is 2.09 bits per heavy atom. The number of carbonyl (C=O) groups is 1. The Morgan fingerprint density at radius 3 is 2.85 bits per heavy atom. The minimum Gasteiger partial charge on any atom is -0.463 e. The number of halogens is 3. The van der Waals surface area contributed by atoms with E-state index in [1.165, 1.54) is 17.3 Å². The van der Waals surface area contributed by atoms with Crippen LogP contribution in [0.3, 0.4) is 0 Å². The first-order valence-electron chi connectivity index (χ1n) is 15.5. The van der Waals surface area contributed by atoms with E-state index in [0.29, 0.717) is 52.3 Å². The summed E-state index contributed by atoms with van der Waals surface area (Å²) in [5.74, 6) is -2.32. The lowest BCUT2D eigenvalue weighted by atomic mass is 10.0. The molecule has 14 heteroatoms. The Balaban J connectivity index is 1.24. The van der Waals surface area contributed by atoms with Crippen molar-refractivity contribution in [2.45, 2.75) is 37.5 Å². The van der Waals surface area contributed by atoms with E-state index in [2.05, 4.69) is 37.5 Å². The van der Waals surface area contributed by atoms with Gasteiger partial charge in [0.05, 0.1) is 43.2 Å². The van der Waals surface area contributed by atoms with Crippen molar-refractivity contribution in [3.63, 3.8) is 0 Å². The van der Waals surface area contributed by atoms with Gasteiger partial charge in [-0.25, -0.2) is 8.78 Å². The van der Waals surface area contributed by atoms with E-state index in [9.17, 15) is 14.4 Å². The average molecular weight is 661 g/mol. The second-order valence-corrected chi connectivity index (χ2v) is 12.4. The van der Waals surface area contributed by atoms with Crippen molar-refractivity contribution in [2.24, 2.45) is 0 Å². The minimum absolute atomic E-state index is 0.0134. The topological polar surface area (TPSA) is 121 Å². The average Bonchev–Trinajstić information content (AvgIpc) is 3.70. The number of nitriles is 1. The van der Waals surface area contributed by atoms with Gasteiger partial charge >= 0.3 is 6.01 Å². The fourth-order valence-corrected chi connectivity index (χ4v) is 7.10. The molecule has 3 saturated heterocycles. The summed E-state index contributed by atoms with van der Waals surface area (Å²) in [6.45, 7) is 6.40. The van der Waals surface area contributed by atoms with Gasteiger partial charge in [0.25, 0.3) is 5.91 Å². The summed E-state index contributed by atoms with van der Waals surface area (Å²) in [7, 11) is 0. The number of nitrogens with zero attached hydrogens (tertiary/aromatic N) is 8. The predicted octanol–water partition coefficient (Wildman–Crippen LogP) is 4.69. The molecule has 2 bridgehead atoms. The van der Waals surface area contributed by atoms with E-state index in [0.717, 1.165) is 31.5 Å². The number of piperazine rings is 1. The Labute approximate surface area is 274 Å². The maximum atomic E-state index is 16.6. The molecule has 6 heterocycles. The molecule has 3 fully saturated rings. The van der Waals surface area contributed by atoms with Gasteiger partial charge in [0.1, 0.15) is 17.0 Å². The number of ether oxygens (including phenoxy) is 2. The van der Waals surface area contributed by atoms with E-state index >= 15 is 4.39 Å². The van der Waals surface area contributed by atoms with Crippen LogP contribution < -0.4 is 9.64 Å². The predicted molar refractivity (Wildman–Crippen MR) is 171 cm³/mol. The lowest BCUT2D eigenvalue weighted by Crippen LogP contribution is -2.55. The van der Waals surface area contributed by atoms with E-state index in [1.807, 2.05) is 11.0 Å². The fourth-order valence-electron chi connectivity index (χ4n) is 6.82. The minimum atomic E-state index is -1.10. The summed E-state index contributed by atoms with van der Waals surface area (Å²) in [6, 6.07) is 7.19. The quantitative estimate of drug-likeness (QED) is 0.185. The van der Waals surface area contributed by atoms with Crippen molar-refractivity contribution >= 4 is 45.0 Å². The van der Waals surface area contributed by atoms with Crippen molar-refractivity contribution in [2.75, 3.05) is 50.8 Å². The van der Waals surface area contributed by atoms with Crippen LogP contribution in [0.25, 0.3) is 32.9 Å². The van der Waals surface area contributed by atoms with E-state index in [4.69, 9.17) is 21.1 Å². The lowest BCUT2D eigenvalue weighted by Gasteiger charge is -2.41. The van der Waals surface area contributed by atoms with Gasteiger partial charge in [0, 0.05) is 78.7 Å². The molecule has 0 unspecified atom stereocenters. The Hall–Kier alpha value is -4.51. The molecule has 1 aromatic carbocycles. The zero-order chi connectivity index (χ0) is 32.7. The van der Waals surface area contributed by atoms with E-state index < -0.39 is 23.6 Å². The summed E-state index contributed by atoms with van der Waals surface area (Å²) >= 11 is 6.55. The van der Waals surface area contributed by atoms with Gasteiger partial charge in [-0.2, -0.15) is 15.2 Å². The largest absolute Gasteiger partial charge is 0.463 e. The van der Waals surface area contributed by atoms with Crippen LogP contribution in [0.4, 0.5) is 14.6 Å². The monoisotopic (exact) mass is 660 g/mol. The molecule has 7 rings (SSSR count). The van der Waals surface area contributed by atoms with Gasteiger partial charge < -0.3 is 19.3 Å². The third kappa shape index (κ3) is 5.93. The number of carbonyl (C=O) groups excluding carboxylic acids is 1. The highest BCUT2D eigenvalue weighted by atomic mass is 35.5. The number of fused-ring (bicyclic) bond motifs is 4. The van der Waals surface area contributed by atoms with Crippen LogP contribution in [0, 0.1) is 17.1 Å². The molecule has 47 heavy (non-hydrogen) atoms. The second kappa shape index (κ2) is 12.9. The number of morpholine rings is 1. The third-order valence-electron chi connectivity index (χ3n) is 9.07. The molecular weight excluding hydrogens is 630 g/mol. The molecule has 0 radical (unpaired) electrons. The van der Waals surface area contributed by atoms with Gasteiger partial charge in [-0.3, -0.25) is 19.7 Å². The number of rotatable bonds is 9. The van der Waals surface area contributed by atoms with Crippen LogP contribution in [0.15, 0.2) is 49.2 Å². The van der Waals surface area contributed by atoms with E-state index in [-0.39, 0.29) is 43.3 Å². The van der Waals surface area contributed by atoms with Crippen LogP contribution in [0.2, 0.25) is 5.02 Å². The molecule has 4 aromatic rings. The number of hydrogen-bond acceptors (Lipinski definition) is 10.